The van der Waals surface area contributed by atoms with Gasteiger partial charge in [-0.1, -0.05) is 29.8 Å². The maximum atomic E-state index is 6.18. The number of methoxy groups -OCH3 is 1. The van der Waals surface area contributed by atoms with Crippen molar-refractivity contribution >= 4 is 17.6 Å². The molecule has 1 fully saturated rings. The lowest BCUT2D eigenvalue weighted by molar-refractivity contribution is 0.0669. The number of morpholine rings is 1. The molecule has 1 atom stereocenters. The summed E-state index contributed by atoms with van der Waals surface area (Å²) in [7, 11) is 1.65. The van der Waals surface area contributed by atoms with E-state index in [9.17, 15) is 0 Å². The van der Waals surface area contributed by atoms with E-state index in [2.05, 4.69) is 4.99 Å². The number of guanidine groups is 1. The quantitative estimate of drug-likeness (QED) is 0.678. The van der Waals surface area contributed by atoms with Crippen LogP contribution in [0.1, 0.15) is 11.7 Å². The molecule has 1 aliphatic heterocycles. The van der Waals surface area contributed by atoms with Crippen molar-refractivity contribution < 1.29 is 9.47 Å². The fraction of sp³-hybridized carbons (Fsp3) is 0.500. The summed E-state index contributed by atoms with van der Waals surface area (Å²) in [6.45, 7) is 3.38. The summed E-state index contributed by atoms with van der Waals surface area (Å²) >= 11 is 6.18. The molecule has 1 aliphatic rings. The smallest absolute Gasteiger partial charge is 0.191 e. The van der Waals surface area contributed by atoms with Crippen molar-refractivity contribution in [1.29, 1.82) is 0 Å². The molecule has 0 saturated carbocycles. The van der Waals surface area contributed by atoms with Crippen LogP contribution < -0.4 is 5.73 Å². The maximum absolute atomic E-state index is 6.18. The molecule has 0 aromatic heterocycles. The zero-order valence-corrected chi connectivity index (χ0v) is 12.3. The van der Waals surface area contributed by atoms with Crippen molar-refractivity contribution in [2.45, 2.75) is 6.10 Å². The zero-order valence-electron chi connectivity index (χ0n) is 11.6. The van der Waals surface area contributed by atoms with Gasteiger partial charge in [0.1, 0.15) is 6.10 Å². The van der Waals surface area contributed by atoms with E-state index in [1.54, 1.807) is 7.11 Å². The summed E-state index contributed by atoms with van der Waals surface area (Å²) in [5.41, 5.74) is 6.93. The standard InChI is InChI=1S/C14H20ClN3O2/c1-19-13(11-4-2-3-5-12(11)15)10-17-14(16)18-6-8-20-9-7-18/h2-5,13H,6-10H2,1H3,(H2,16,17)/t13-/m0/s1. The Hall–Kier alpha value is -1.30. The monoisotopic (exact) mass is 297 g/mol. The van der Waals surface area contributed by atoms with Crippen LogP contribution in [-0.2, 0) is 9.47 Å². The molecule has 2 rings (SSSR count). The summed E-state index contributed by atoms with van der Waals surface area (Å²) < 4.78 is 10.8. The summed E-state index contributed by atoms with van der Waals surface area (Å²) in [5.74, 6) is 0.530. The van der Waals surface area contributed by atoms with Crippen LogP contribution in [-0.4, -0.2) is 50.8 Å². The SMILES string of the molecule is CO[C@@H](CN=C(N)N1CCOCC1)c1ccccc1Cl. The van der Waals surface area contributed by atoms with E-state index in [1.165, 1.54) is 0 Å². The van der Waals surface area contributed by atoms with Crippen LogP contribution in [0.25, 0.3) is 0 Å². The molecule has 0 spiro atoms. The van der Waals surface area contributed by atoms with Gasteiger partial charge in [0, 0.05) is 30.8 Å². The molecule has 0 unspecified atom stereocenters. The van der Waals surface area contributed by atoms with Gasteiger partial charge in [-0.3, -0.25) is 4.99 Å². The van der Waals surface area contributed by atoms with Gasteiger partial charge in [0.05, 0.1) is 19.8 Å². The lowest BCUT2D eigenvalue weighted by Gasteiger charge is -2.28. The van der Waals surface area contributed by atoms with Crippen molar-refractivity contribution in [3.8, 4) is 0 Å². The summed E-state index contributed by atoms with van der Waals surface area (Å²) in [5, 5.41) is 0.680. The van der Waals surface area contributed by atoms with Gasteiger partial charge < -0.3 is 20.1 Å². The first-order chi connectivity index (χ1) is 9.72. The summed E-state index contributed by atoms with van der Waals surface area (Å²) in [4.78, 5) is 6.43. The molecule has 1 aromatic carbocycles. The number of hydrogen-bond donors (Lipinski definition) is 1. The number of aliphatic imine (C=N–C) groups is 1. The second kappa shape index (κ2) is 7.47. The van der Waals surface area contributed by atoms with Gasteiger partial charge >= 0.3 is 0 Å². The van der Waals surface area contributed by atoms with E-state index in [0.717, 1.165) is 18.7 Å². The molecule has 0 aliphatic carbocycles. The molecule has 2 N–H and O–H groups in total. The fourth-order valence-electron chi connectivity index (χ4n) is 2.10. The largest absolute Gasteiger partial charge is 0.378 e. The highest BCUT2D eigenvalue weighted by Gasteiger charge is 2.16. The summed E-state index contributed by atoms with van der Waals surface area (Å²) in [6.07, 6.45) is -0.191. The zero-order chi connectivity index (χ0) is 14.4. The minimum atomic E-state index is -0.191. The van der Waals surface area contributed by atoms with Crippen molar-refractivity contribution in [3.05, 3.63) is 34.9 Å². The van der Waals surface area contributed by atoms with Crippen molar-refractivity contribution in [3.63, 3.8) is 0 Å². The van der Waals surface area contributed by atoms with E-state index >= 15 is 0 Å². The highest BCUT2D eigenvalue weighted by atomic mass is 35.5. The number of nitrogens with zero attached hydrogens (tertiary/aromatic N) is 2. The minimum absolute atomic E-state index is 0.191. The van der Waals surface area contributed by atoms with Gasteiger partial charge in [0.2, 0.25) is 0 Å². The molecule has 5 nitrogen and oxygen atoms in total. The molecule has 0 amide bonds. The predicted molar refractivity (Wildman–Crippen MR) is 80.1 cm³/mol. The number of benzene rings is 1. The Morgan fingerprint density at radius 3 is 2.80 bits per heavy atom. The first kappa shape index (κ1) is 15.1. The van der Waals surface area contributed by atoms with Crippen LogP contribution in [0.15, 0.2) is 29.3 Å². The van der Waals surface area contributed by atoms with Crippen LogP contribution in [0.5, 0.6) is 0 Å². The van der Waals surface area contributed by atoms with Crippen LogP contribution in [0.3, 0.4) is 0 Å². The Labute approximate surface area is 124 Å². The Balaban J connectivity index is 2.01. The highest BCUT2D eigenvalue weighted by molar-refractivity contribution is 6.31. The molecular formula is C14H20ClN3O2. The highest BCUT2D eigenvalue weighted by Crippen LogP contribution is 2.25. The number of hydrogen-bond acceptors (Lipinski definition) is 3. The van der Waals surface area contributed by atoms with Crippen LogP contribution >= 0.6 is 11.6 Å². The maximum Gasteiger partial charge on any atom is 0.191 e. The van der Waals surface area contributed by atoms with Gasteiger partial charge in [0.25, 0.3) is 0 Å². The van der Waals surface area contributed by atoms with E-state index < -0.39 is 0 Å². The van der Waals surface area contributed by atoms with Crippen LogP contribution in [0.2, 0.25) is 5.02 Å². The van der Waals surface area contributed by atoms with Crippen LogP contribution in [0.4, 0.5) is 0 Å². The van der Waals surface area contributed by atoms with E-state index in [0.29, 0.717) is 30.7 Å². The Morgan fingerprint density at radius 1 is 1.45 bits per heavy atom. The molecule has 6 heteroatoms. The molecular weight excluding hydrogens is 278 g/mol. The third-order valence-corrected chi connectivity index (χ3v) is 3.64. The molecule has 20 heavy (non-hydrogen) atoms. The molecule has 1 saturated heterocycles. The second-order valence-corrected chi connectivity index (χ2v) is 4.95. The minimum Gasteiger partial charge on any atom is -0.378 e. The van der Waals surface area contributed by atoms with E-state index in [-0.39, 0.29) is 6.10 Å². The average Bonchev–Trinajstić information content (AvgIpc) is 2.50. The van der Waals surface area contributed by atoms with Crippen molar-refractivity contribution in [2.75, 3.05) is 40.0 Å². The molecule has 0 bridgehead atoms. The topological polar surface area (TPSA) is 60.1 Å². The number of nitrogens with two attached hydrogens (primary N) is 1. The predicted octanol–water partition coefficient (Wildman–Crippen LogP) is 1.67. The van der Waals surface area contributed by atoms with Crippen molar-refractivity contribution in [1.82, 2.24) is 4.90 Å². The number of rotatable bonds is 4. The fourth-order valence-corrected chi connectivity index (χ4v) is 2.36. The first-order valence-electron chi connectivity index (χ1n) is 6.62. The average molecular weight is 298 g/mol. The van der Waals surface area contributed by atoms with Crippen LogP contribution in [0, 0.1) is 0 Å². The third kappa shape index (κ3) is 3.85. The first-order valence-corrected chi connectivity index (χ1v) is 7.00. The molecule has 0 radical (unpaired) electrons. The van der Waals surface area contributed by atoms with Gasteiger partial charge in [-0.05, 0) is 6.07 Å². The number of halogens is 1. The number of ether oxygens (including phenoxy) is 2. The lowest BCUT2D eigenvalue weighted by Crippen LogP contribution is -2.45. The van der Waals surface area contributed by atoms with Gasteiger partial charge in [-0.2, -0.15) is 0 Å². The molecule has 110 valence electrons. The van der Waals surface area contributed by atoms with Crippen molar-refractivity contribution in [2.24, 2.45) is 10.7 Å². The Morgan fingerprint density at radius 2 is 2.15 bits per heavy atom. The van der Waals surface area contributed by atoms with Gasteiger partial charge in [-0.25, -0.2) is 0 Å². The van der Waals surface area contributed by atoms with E-state index in [1.807, 2.05) is 29.2 Å². The molecule has 1 aromatic rings. The Kier molecular flexibility index (Phi) is 5.64. The molecule has 1 heterocycles. The normalized spacial score (nSPS) is 18.1. The Bertz CT molecular complexity index is 461. The lowest BCUT2D eigenvalue weighted by atomic mass is 10.1. The van der Waals surface area contributed by atoms with Gasteiger partial charge in [0.15, 0.2) is 5.96 Å². The summed E-state index contributed by atoms with van der Waals surface area (Å²) in [6, 6.07) is 7.61. The second-order valence-electron chi connectivity index (χ2n) is 4.54. The van der Waals surface area contributed by atoms with E-state index in [4.69, 9.17) is 26.8 Å². The van der Waals surface area contributed by atoms with Gasteiger partial charge in [-0.15, -0.1) is 0 Å². The third-order valence-electron chi connectivity index (χ3n) is 3.29.